The summed E-state index contributed by atoms with van der Waals surface area (Å²) in [5, 5.41) is 13.1. The highest BCUT2D eigenvalue weighted by Crippen LogP contribution is 2.11. The van der Waals surface area contributed by atoms with E-state index in [1.807, 2.05) is 16.8 Å². The van der Waals surface area contributed by atoms with Gasteiger partial charge in [0.25, 0.3) is 0 Å². The van der Waals surface area contributed by atoms with E-state index < -0.39 is 0 Å². The van der Waals surface area contributed by atoms with Crippen LogP contribution in [0.2, 0.25) is 0 Å². The van der Waals surface area contributed by atoms with Gasteiger partial charge >= 0.3 is 0 Å². The molecular weight excluding hydrogens is 274 g/mol. The van der Waals surface area contributed by atoms with Crippen LogP contribution in [0.25, 0.3) is 0 Å². The Balaban J connectivity index is 1.72. The summed E-state index contributed by atoms with van der Waals surface area (Å²) >= 11 is 1.73. The van der Waals surface area contributed by atoms with Crippen LogP contribution in [0.3, 0.4) is 0 Å². The van der Waals surface area contributed by atoms with Crippen molar-refractivity contribution in [2.24, 2.45) is 0 Å². The molecule has 1 aliphatic heterocycles. The van der Waals surface area contributed by atoms with Crippen LogP contribution in [0, 0.1) is 0 Å². The van der Waals surface area contributed by atoms with Crippen LogP contribution >= 0.6 is 11.3 Å². The lowest BCUT2D eigenvalue weighted by molar-refractivity contribution is -0.134. The summed E-state index contributed by atoms with van der Waals surface area (Å²) in [5.74, 6) is 0.163. The molecule has 2 rings (SSSR count). The molecule has 1 aromatic rings. The number of thiophene rings is 1. The Bertz CT molecular complexity index is 403. The van der Waals surface area contributed by atoms with Crippen LogP contribution in [0.1, 0.15) is 5.56 Å². The molecule has 1 aliphatic rings. The number of amides is 1. The molecule has 0 spiro atoms. The number of hydrogen-bond donors (Lipinski definition) is 1. The fourth-order valence-electron chi connectivity index (χ4n) is 2.38. The number of carbonyl (C=O) groups excluding carboxylic acids is 1. The highest BCUT2D eigenvalue weighted by atomic mass is 32.1. The van der Waals surface area contributed by atoms with Crippen LogP contribution in [-0.2, 0) is 11.3 Å². The number of aliphatic hydroxyl groups excluding tert-OH is 1. The molecule has 0 radical (unpaired) electrons. The van der Waals surface area contributed by atoms with Crippen LogP contribution in [0.4, 0.5) is 0 Å². The number of nitrogens with zero attached hydrogens (tertiary/aromatic N) is 3. The van der Waals surface area contributed by atoms with Gasteiger partial charge in [0.1, 0.15) is 0 Å². The summed E-state index contributed by atoms with van der Waals surface area (Å²) in [5.41, 5.74) is 1.36. The van der Waals surface area contributed by atoms with Crippen molar-refractivity contribution in [2.75, 3.05) is 52.9 Å². The fourth-order valence-corrected chi connectivity index (χ4v) is 3.04. The lowest BCUT2D eigenvalue weighted by atomic mass is 10.2. The number of carbonyl (C=O) groups is 1. The van der Waals surface area contributed by atoms with E-state index in [2.05, 4.69) is 21.7 Å². The molecule has 0 saturated carbocycles. The fraction of sp³-hybridized carbons (Fsp3) is 0.643. The maximum Gasteiger partial charge on any atom is 0.236 e. The first-order valence-corrected chi connectivity index (χ1v) is 7.94. The molecule has 20 heavy (non-hydrogen) atoms. The van der Waals surface area contributed by atoms with Gasteiger partial charge in [0.15, 0.2) is 0 Å². The van der Waals surface area contributed by atoms with E-state index in [4.69, 9.17) is 5.11 Å². The maximum atomic E-state index is 12.1. The SMILES string of the molecule is CN(CCO)CC(=O)N1CCN(Cc2ccsc2)CC1. The molecule has 6 heteroatoms. The Kier molecular flexibility index (Phi) is 5.97. The van der Waals surface area contributed by atoms with Crippen molar-refractivity contribution < 1.29 is 9.90 Å². The molecule has 0 atom stereocenters. The second kappa shape index (κ2) is 7.73. The predicted octanol–water partition coefficient (Wildman–Crippen LogP) is 0.316. The molecule has 2 heterocycles. The van der Waals surface area contributed by atoms with Gasteiger partial charge in [0.2, 0.25) is 5.91 Å². The van der Waals surface area contributed by atoms with Gasteiger partial charge in [0, 0.05) is 39.3 Å². The normalized spacial score (nSPS) is 16.9. The van der Waals surface area contributed by atoms with Crippen molar-refractivity contribution in [1.82, 2.24) is 14.7 Å². The molecule has 1 saturated heterocycles. The first kappa shape index (κ1) is 15.4. The van der Waals surface area contributed by atoms with Gasteiger partial charge in [-0.3, -0.25) is 14.6 Å². The third kappa shape index (κ3) is 4.56. The largest absolute Gasteiger partial charge is 0.395 e. The van der Waals surface area contributed by atoms with Crippen molar-refractivity contribution in [2.45, 2.75) is 6.54 Å². The van der Waals surface area contributed by atoms with Crippen LogP contribution < -0.4 is 0 Å². The van der Waals surface area contributed by atoms with E-state index in [1.165, 1.54) is 5.56 Å². The third-order valence-electron chi connectivity index (χ3n) is 3.60. The minimum absolute atomic E-state index is 0.0954. The standard InChI is InChI=1S/C14H23N3O2S/c1-15(7-8-18)11-14(19)17-5-3-16(4-6-17)10-13-2-9-20-12-13/h2,9,12,18H,3-8,10-11H2,1H3. The van der Waals surface area contributed by atoms with Crippen molar-refractivity contribution >= 4 is 17.2 Å². The molecular formula is C14H23N3O2S. The van der Waals surface area contributed by atoms with Crippen LogP contribution in [-0.4, -0.2) is 78.6 Å². The minimum Gasteiger partial charge on any atom is -0.395 e. The maximum absolute atomic E-state index is 12.1. The molecule has 0 aromatic carbocycles. The van der Waals surface area contributed by atoms with E-state index in [0.29, 0.717) is 13.1 Å². The van der Waals surface area contributed by atoms with E-state index in [-0.39, 0.29) is 12.5 Å². The second-order valence-electron chi connectivity index (χ2n) is 5.25. The first-order valence-electron chi connectivity index (χ1n) is 6.99. The van der Waals surface area contributed by atoms with E-state index in [1.54, 1.807) is 11.3 Å². The van der Waals surface area contributed by atoms with Crippen molar-refractivity contribution in [3.8, 4) is 0 Å². The van der Waals surface area contributed by atoms with Gasteiger partial charge in [-0.05, 0) is 29.4 Å². The lowest BCUT2D eigenvalue weighted by Gasteiger charge is -2.35. The smallest absolute Gasteiger partial charge is 0.236 e. The summed E-state index contributed by atoms with van der Waals surface area (Å²) in [7, 11) is 1.86. The van der Waals surface area contributed by atoms with Gasteiger partial charge in [-0.2, -0.15) is 11.3 Å². The average Bonchev–Trinajstić information content (AvgIpc) is 2.92. The quantitative estimate of drug-likeness (QED) is 0.821. The summed E-state index contributed by atoms with van der Waals surface area (Å²) in [6, 6.07) is 2.16. The third-order valence-corrected chi connectivity index (χ3v) is 4.33. The van der Waals surface area contributed by atoms with E-state index >= 15 is 0 Å². The Labute approximate surface area is 124 Å². The molecule has 1 N–H and O–H groups in total. The van der Waals surface area contributed by atoms with Crippen molar-refractivity contribution in [1.29, 1.82) is 0 Å². The molecule has 0 unspecified atom stereocenters. The Morgan fingerprint density at radius 3 is 2.75 bits per heavy atom. The van der Waals surface area contributed by atoms with Gasteiger partial charge in [-0.25, -0.2) is 0 Å². The lowest BCUT2D eigenvalue weighted by Crippen LogP contribution is -2.50. The number of rotatable bonds is 6. The summed E-state index contributed by atoms with van der Waals surface area (Å²) < 4.78 is 0. The Hall–Kier alpha value is -0.950. The molecule has 5 nitrogen and oxygen atoms in total. The molecule has 0 aliphatic carbocycles. The number of aliphatic hydroxyl groups is 1. The monoisotopic (exact) mass is 297 g/mol. The van der Waals surface area contributed by atoms with Crippen molar-refractivity contribution in [3.63, 3.8) is 0 Å². The number of piperazine rings is 1. The summed E-state index contributed by atoms with van der Waals surface area (Å²) in [4.78, 5) is 18.3. The number of hydrogen-bond acceptors (Lipinski definition) is 5. The van der Waals surface area contributed by atoms with Gasteiger partial charge in [0.05, 0.1) is 13.2 Å². The zero-order chi connectivity index (χ0) is 14.4. The Morgan fingerprint density at radius 1 is 1.40 bits per heavy atom. The van der Waals surface area contributed by atoms with Gasteiger partial charge < -0.3 is 10.0 Å². The van der Waals surface area contributed by atoms with Crippen LogP contribution in [0.5, 0.6) is 0 Å². The summed E-state index contributed by atoms with van der Waals surface area (Å²) in [6.07, 6.45) is 0. The van der Waals surface area contributed by atoms with E-state index in [0.717, 1.165) is 32.7 Å². The molecule has 1 amide bonds. The topological polar surface area (TPSA) is 47.0 Å². The molecule has 112 valence electrons. The Morgan fingerprint density at radius 2 is 2.15 bits per heavy atom. The molecule has 1 aromatic heterocycles. The summed E-state index contributed by atoms with van der Waals surface area (Å²) in [6.45, 7) is 5.49. The second-order valence-corrected chi connectivity index (χ2v) is 6.03. The van der Waals surface area contributed by atoms with Crippen LogP contribution in [0.15, 0.2) is 16.8 Å². The number of likely N-dealkylation sites (N-methyl/N-ethyl adjacent to an activating group) is 1. The average molecular weight is 297 g/mol. The predicted molar refractivity (Wildman–Crippen MR) is 80.8 cm³/mol. The zero-order valence-corrected chi connectivity index (χ0v) is 12.8. The van der Waals surface area contributed by atoms with E-state index in [9.17, 15) is 4.79 Å². The van der Waals surface area contributed by atoms with Gasteiger partial charge in [-0.1, -0.05) is 0 Å². The first-order chi connectivity index (χ1) is 9.69. The van der Waals surface area contributed by atoms with Gasteiger partial charge in [-0.15, -0.1) is 0 Å². The van der Waals surface area contributed by atoms with Crippen molar-refractivity contribution in [3.05, 3.63) is 22.4 Å². The minimum atomic E-state index is 0.0954. The molecule has 1 fully saturated rings. The highest BCUT2D eigenvalue weighted by molar-refractivity contribution is 7.07. The molecule has 0 bridgehead atoms. The zero-order valence-electron chi connectivity index (χ0n) is 12.0. The highest BCUT2D eigenvalue weighted by Gasteiger charge is 2.21.